The van der Waals surface area contributed by atoms with Crippen LogP contribution in [0.2, 0.25) is 0 Å². The van der Waals surface area contributed by atoms with E-state index in [0.29, 0.717) is 6.04 Å². The van der Waals surface area contributed by atoms with Gasteiger partial charge in [-0.1, -0.05) is 19.1 Å². The molecule has 2 heteroatoms. The van der Waals surface area contributed by atoms with Gasteiger partial charge in [0.25, 0.3) is 0 Å². The first-order valence-corrected chi connectivity index (χ1v) is 7.76. The molecule has 1 aliphatic rings. The number of hydrogen-bond donors (Lipinski definition) is 1. The molecule has 0 aliphatic carbocycles. The van der Waals surface area contributed by atoms with Crippen LogP contribution in [0, 0.1) is 13.8 Å². The summed E-state index contributed by atoms with van der Waals surface area (Å²) < 4.78 is 5.60. The normalized spacial score (nSPS) is 14.4. The molecule has 2 aromatic rings. The van der Waals surface area contributed by atoms with Crippen molar-refractivity contribution in [2.24, 2.45) is 0 Å². The summed E-state index contributed by atoms with van der Waals surface area (Å²) in [7, 11) is 0. The van der Waals surface area contributed by atoms with Crippen molar-refractivity contribution in [3.05, 3.63) is 58.7 Å². The van der Waals surface area contributed by atoms with E-state index in [9.17, 15) is 0 Å². The van der Waals surface area contributed by atoms with Crippen LogP contribution in [0.1, 0.15) is 41.6 Å². The van der Waals surface area contributed by atoms with Crippen LogP contribution in [0.15, 0.2) is 36.4 Å². The van der Waals surface area contributed by atoms with E-state index in [2.05, 4.69) is 62.5 Å². The van der Waals surface area contributed by atoms with Crippen molar-refractivity contribution in [3.63, 3.8) is 0 Å². The number of nitrogens with one attached hydrogen (secondary N) is 1. The Kier molecular flexibility index (Phi) is 3.87. The van der Waals surface area contributed by atoms with Crippen molar-refractivity contribution >= 4 is 5.69 Å². The topological polar surface area (TPSA) is 21.3 Å². The third-order valence-corrected chi connectivity index (χ3v) is 4.09. The van der Waals surface area contributed by atoms with E-state index in [-0.39, 0.29) is 0 Å². The highest BCUT2D eigenvalue weighted by Crippen LogP contribution is 2.31. The molecule has 0 radical (unpaired) electrons. The lowest BCUT2D eigenvalue weighted by Gasteiger charge is -2.20. The molecule has 0 saturated heterocycles. The van der Waals surface area contributed by atoms with Crippen LogP contribution in [0.5, 0.6) is 5.75 Å². The highest BCUT2D eigenvalue weighted by atomic mass is 16.5. The van der Waals surface area contributed by atoms with Gasteiger partial charge in [0, 0.05) is 12.1 Å². The van der Waals surface area contributed by atoms with Crippen LogP contribution in [-0.2, 0) is 6.42 Å². The molecule has 1 atom stereocenters. The molecular formula is C19H23NO. The summed E-state index contributed by atoms with van der Waals surface area (Å²) in [6.07, 6.45) is 2.09. The van der Waals surface area contributed by atoms with Crippen molar-refractivity contribution in [1.82, 2.24) is 0 Å². The molecule has 1 aliphatic heterocycles. The second-order valence-electron chi connectivity index (χ2n) is 5.95. The van der Waals surface area contributed by atoms with Gasteiger partial charge in [-0.05, 0) is 66.8 Å². The van der Waals surface area contributed by atoms with Crippen molar-refractivity contribution in [2.45, 2.75) is 39.7 Å². The second-order valence-corrected chi connectivity index (χ2v) is 5.95. The molecule has 2 nitrogen and oxygen atoms in total. The number of hydrogen-bond acceptors (Lipinski definition) is 2. The zero-order chi connectivity index (χ0) is 14.8. The molecule has 0 saturated carbocycles. The first-order valence-electron chi connectivity index (χ1n) is 7.76. The Balaban J connectivity index is 1.84. The summed E-state index contributed by atoms with van der Waals surface area (Å²) in [5.74, 6) is 1.06. The Bertz CT molecular complexity index is 628. The van der Waals surface area contributed by atoms with Crippen molar-refractivity contribution < 1.29 is 4.74 Å². The molecule has 0 fully saturated rings. The van der Waals surface area contributed by atoms with E-state index in [1.807, 2.05) is 0 Å². The highest BCUT2D eigenvalue weighted by molar-refractivity contribution is 5.51. The molecule has 0 amide bonds. The fourth-order valence-electron chi connectivity index (χ4n) is 3.10. The number of anilines is 1. The van der Waals surface area contributed by atoms with Crippen LogP contribution in [0.4, 0.5) is 5.69 Å². The standard InChI is InChI=1S/C19H23NO/c1-4-18(20-17-10-13(2)9-14(3)11-17)15-5-6-19-16(12-15)7-8-21-19/h5-6,9-12,18,20H,4,7-8H2,1-3H3. The molecule has 0 aromatic heterocycles. The van der Waals surface area contributed by atoms with Gasteiger partial charge in [0.05, 0.1) is 12.6 Å². The second kappa shape index (κ2) is 5.80. The molecular weight excluding hydrogens is 258 g/mol. The zero-order valence-electron chi connectivity index (χ0n) is 13.1. The smallest absolute Gasteiger partial charge is 0.122 e. The minimum Gasteiger partial charge on any atom is -0.493 e. The summed E-state index contributed by atoms with van der Waals surface area (Å²) in [5, 5.41) is 3.68. The maximum Gasteiger partial charge on any atom is 0.122 e. The number of ether oxygens (including phenoxy) is 1. The van der Waals surface area contributed by atoms with E-state index in [1.54, 1.807) is 0 Å². The number of fused-ring (bicyclic) bond motifs is 1. The maximum absolute atomic E-state index is 5.60. The van der Waals surface area contributed by atoms with Crippen LogP contribution in [-0.4, -0.2) is 6.61 Å². The lowest BCUT2D eigenvalue weighted by molar-refractivity contribution is 0.357. The highest BCUT2D eigenvalue weighted by Gasteiger charge is 2.16. The maximum atomic E-state index is 5.60. The molecule has 0 bridgehead atoms. The van der Waals surface area contributed by atoms with Crippen molar-refractivity contribution in [1.29, 1.82) is 0 Å². The van der Waals surface area contributed by atoms with Gasteiger partial charge in [-0.2, -0.15) is 0 Å². The van der Waals surface area contributed by atoms with Crippen LogP contribution in [0.25, 0.3) is 0 Å². The fourth-order valence-corrected chi connectivity index (χ4v) is 3.10. The first-order chi connectivity index (χ1) is 10.2. The molecule has 3 rings (SSSR count). The van der Waals surface area contributed by atoms with Crippen LogP contribution in [0.3, 0.4) is 0 Å². The molecule has 110 valence electrons. The largest absolute Gasteiger partial charge is 0.493 e. The molecule has 2 aromatic carbocycles. The molecule has 21 heavy (non-hydrogen) atoms. The van der Waals surface area contributed by atoms with Gasteiger partial charge >= 0.3 is 0 Å². The quantitative estimate of drug-likeness (QED) is 0.869. The Morgan fingerprint density at radius 3 is 2.57 bits per heavy atom. The van der Waals surface area contributed by atoms with Crippen molar-refractivity contribution in [2.75, 3.05) is 11.9 Å². The summed E-state index contributed by atoms with van der Waals surface area (Å²) in [4.78, 5) is 0. The Morgan fingerprint density at radius 1 is 1.10 bits per heavy atom. The number of rotatable bonds is 4. The third-order valence-electron chi connectivity index (χ3n) is 4.09. The van der Waals surface area contributed by atoms with Gasteiger partial charge in [0.15, 0.2) is 0 Å². The number of aryl methyl sites for hydroxylation is 2. The molecule has 0 spiro atoms. The average molecular weight is 281 g/mol. The van der Waals surface area contributed by atoms with E-state index in [4.69, 9.17) is 4.74 Å². The van der Waals surface area contributed by atoms with Crippen LogP contribution >= 0.6 is 0 Å². The molecule has 1 N–H and O–H groups in total. The lowest BCUT2D eigenvalue weighted by Crippen LogP contribution is -2.10. The van der Waals surface area contributed by atoms with E-state index < -0.39 is 0 Å². The first kappa shape index (κ1) is 14.0. The summed E-state index contributed by atoms with van der Waals surface area (Å²) in [6.45, 7) is 7.34. The summed E-state index contributed by atoms with van der Waals surface area (Å²) >= 11 is 0. The fraction of sp³-hybridized carbons (Fsp3) is 0.368. The van der Waals surface area contributed by atoms with E-state index in [0.717, 1.165) is 25.2 Å². The Morgan fingerprint density at radius 2 is 1.86 bits per heavy atom. The van der Waals surface area contributed by atoms with Gasteiger partial charge in [-0.3, -0.25) is 0 Å². The minimum atomic E-state index is 0.345. The van der Waals surface area contributed by atoms with Gasteiger partial charge < -0.3 is 10.1 Å². The zero-order valence-corrected chi connectivity index (χ0v) is 13.1. The van der Waals surface area contributed by atoms with Gasteiger partial charge in [0.1, 0.15) is 5.75 Å². The SMILES string of the molecule is CCC(Nc1cc(C)cc(C)c1)c1ccc2c(c1)CCO2. The monoisotopic (exact) mass is 281 g/mol. The minimum absolute atomic E-state index is 0.345. The molecule has 1 unspecified atom stereocenters. The van der Waals surface area contributed by atoms with Gasteiger partial charge in [-0.25, -0.2) is 0 Å². The third kappa shape index (κ3) is 3.05. The Hall–Kier alpha value is -1.96. The average Bonchev–Trinajstić information content (AvgIpc) is 2.91. The van der Waals surface area contributed by atoms with Gasteiger partial charge in [0.2, 0.25) is 0 Å². The number of benzene rings is 2. The summed E-state index contributed by atoms with van der Waals surface area (Å²) in [5.41, 5.74) is 6.49. The molecule has 1 heterocycles. The Labute approximate surface area is 127 Å². The predicted octanol–water partition coefficient (Wildman–Crippen LogP) is 4.80. The van der Waals surface area contributed by atoms with Crippen molar-refractivity contribution in [3.8, 4) is 5.75 Å². The van der Waals surface area contributed by atoms with Gasteiger partial charge in [-0.15, -0.1) is 0 Å². The van der Waals surface area contributed by atoms with Crippen LogP contribution < -0.4 is 10.1 Å². The van der Waals surface area contributed by atoms with E-state index in [1.165, 1.54) is 27.9 Å². The predicted molar refractivity (Wildman–Crippen MR) is 88.2 cm³/mol. The summed E-state index contributed by atoms with van der Waals surface area (Å²) in [6, 6.07) is 13.6. The van der Waals surface area contributed by atoms with E-state index >= 15 is 0 Å². The lowest BCUT2D eigenvalue weighted by atomic mass is 10.00.